The van der Waals surface area contributed by atoms with Crippen LogP contribution in [-0.4, -0.2) is 38.8 Å². The Morgan fingerprint density at radius 1 is 1.24 bits per heavy atom. The van der Waals surface area contributed by atoms with E-state index in [2.05, 4.69) is 20.3 Å². The highest BCUT2D eigenvalue weighted by Crippen LogP contribution is 2.22. The van der Waals surface area contributed by atoms with E-state index in [9.17, 15) is 18.4 Å². The minimum Gasteiger partial charge on any atom is -0.494 e. The predicted octanol–water partition coefficient (Wildman–Crippen LogP) is 2.09. The second kappa shape index (κ2) is 9.30. The molecule has 0 aliphatic heterocycles. The van der Waals surface area contributed by atoms with Crippen molar-refractivity contribution in [2.45, 2.75) is 13.5 Å². The van der Waals surface area contributed by atoms with Crippen LogP contribution in [0.1, 0.15) is 17.3 Å². The summed E-state index contributed by atoms with van der Waals surface area (Å²) in [6.07, 6.45) is -0.235. The molecule has 1 aromatic carbocycles. The van der Waals surface area contributed by atoms with Gasteiger partial charge in [0, 0.05) is 18.9 Å². The average Bonchev–Trinajstić information content (AvgIpc) is 2.68. The number of nitrogens with zero attached hydrogens (tertiary/aromatic N) is 4. The van der Waals surface area contributed by atoms with Gasteiger partial charge in [-0.1, -0.05) is 6.07 Å². The number of carbonyl (C=O) groups is 2. The third kappa shape index (κ3) is 5.06. The van der Waals surface area contributed by atoms with Gasteiger partial charge in [0.05, 0.1) is 18.1 Å². The Bertz CT molecular complexity index is 1100. The van der Waals surface area contributed by atoms with Gasteiger partial charge in [0.15, 0.2) is 0 Å². The van der Waals surface area contributed by atoms with E-state index in [1.165, 1.54) is 24.1 Å². The smallest absolute Gasteiger partial charge is 0.483 e. The maximum atomic E-state index is 12.7. The fourth-order valence-electron chi connectivity index (χ4n) is 2.40. The summed E-state index contributed by atoms with van der Waals surface area (Å²) >= 11 is 0. The van der Waals surface area contributed by atoms with Gasteiger partial charge in [-0.3, -0.25) is 19.5 Å². The van der Waals surface area contributed by atoms with Crippen molar-refractivity contribution in [2.24, 2.45) is 0 Å². The van der Waals surface area contributed by atoms with Gasteiger partial charge < -0.3 is 10.5 Å². The number of rotatable bonds is 4. The molecule has 2 heterocycles. The zero-order chi connectivity index (χ0) is 21.6. The lowest BCUT2D eigenvalue weighted by Crippen LogP contribution is -2.27. The summed E-state index contributed by atoms with van der Waals surface area (Å²) in [6.45, 7) is 2.13. The Labute approximate surface area is 162 Å². The number of nitrogens with two attached hydrogens (primary N) is 1. The molecule has 152 valence electrons. The zero-order valence-electron chi connectivity index (χ0n) is 15.3. The Morgan fingerprint density at radius 3 is 2.41 bits per heavy atom. The molecule has 2 aromatic heterocycles. The number of halogens is 2. The molecule has 3 rings (SSSR count). The lowest BCUT2D eigenvalue weighted by molar-refractivity contribution is 0.102. The summed E-state index contributed by atoms with van der Waals surface area (Å²) in [6, 6.07) is 5.08. The number of carbonyl (C=O) groups excluding carboxylic acids is 2. The first-order valence-corrected chi connectivity index (χ1v) is 8.09. The van der Waals surface area contributed by atoms with E-state index in [1.807, 2.05) is 0 Å². The Kier molecular flexibility index (Phi) is 6.85. The van der Waals surface area contributed by atoms with Gasteiger partial charge in [-0.2, -0.15) is 0 Å². The highest BCUT2D eigenvalue weighted by molar-refractivity contribution is 6.03. The number of nitrogens with one attached hydrogen (secondary N) is 1. The van der Waals surface area contributed by atoms with Crippen LogP contribution in [-0.2, 0) is 6.54 Å². The van der Waals surface area contributed by atoms with Crippen molar-refractivity contribution in [3.63, 3.8) is 0 Å². The summed E-state index contributed by atoms with van der Waals surface area (Å²) in [5.41, 5.74) is 5.72. The minimum atomic E-state index is -2.83. The molecule has 0 unspecified atom stereocenters. The molecule has 0 radical (unpaired) electrons. The summed E-state index contributed by atoms with van der Waals surface area (Å²) in [7, 11) is 1.49. The van der Waals surface area contributed by atoms with E-state index >= 15 is 0 Å². The molecule has 0 aliphatic rings. The van der Waals surface area contributed by atoms with Crippen molar-refractivity contribution in [1.82, 2.24) is 19.5 Å². The topological polar surface area (TPSA) is 142 Å². The maximum absolute atomic E-state index is 12.7. The molecule has 0 saturated heterocycles. The molecule has 0 spiro atoms. The van der Waals surface area contributed by atoms with Crippen LogP contribution in [0.4, 0.5) is 25.5 Å². The van der Waals surface area contributed by atoms with E-state index in [-0.39, 0.29) is 23.0 Å². The van der Waals surface area contributed by atoms with Crippen LogP contribution >= 0.6 is 0 Å². The number of aromatic nitrogens is 4. The minimum absolute atomic E-state index is 0.0654. The number of para-hydroxylation sites is 1. The number of anilines is 2. The van der Waals surface area contributed by atoms with Crippen molar-refractivity contribution in [1.29, 1.82) is 0 Å². The van der Waals surface area contributed by atoms with Crippen LogP contribution in [0.15, 0.2) is 35.4 Å². The molecular weight excluding hydrogens is 390 g/mol. The molecule has 0 atom stereocenters. The number of nitrogen functional groups attached to an aromatic ring is 1. The van der Waals surface area contributed by atoms with Crippen LogP contribution in [0, 0.1) is 0 Å². The van der Waals surface area contributed by atoms with Crippen molar-refractivity contribution in [3.8, 4) is 5.75 Å². The zero-order valence-corrected chi connectivity index (χ0v) is 15.3. The number of ether oxygens (including phenoxy) is 1. The molecule has 1 amide bonds. The van der Waals surface area contributed by atoms with Crippen LogP contribution in [0.2, 0.25) is 0 Å². The molecule has 0 aliphatic carbocycles. The van der Waals surface area contributed by atoms with Gasteiger partial charge in [0.2, 0.25) is 11.9 Å². The molecule has 10 nitrogen and oxygen atoms in total. The molecule has 0 bridgehead atoms. The van der Waals surface area contributed by atoms with E-state index in [4.69, 9.17) is 15.3 Å². The standard InChI is InChI=1S/C16H16N6O3.CF2O/c1-3-22-14(24)10-5-4-6-11(25-2)12(10)20-16(22)21-13(23)9-7-18-15(17)19-8-9;2-1(3)4/h4-8H,3H2,1-2H3,(H2,17,18,19)(H,20,21,23);. The quantitative estimate of drug-likeness (QED) is 0.627. The first kappa shape index (κ1) is 21.3. The first-order chi connectivity index (χ1) is 13.8. The largest absolute Gasteiger partial charge is 0.494 e. The predicted molar refractivity (Wildman–Crippen MR) is 100 cm³/mol. The van der Waals surface area contributed by atoms with Crippen LogP contribution in [0.3, 0.4) is 0 Å². The van der Waals surface area contributed by atoms with Crippen molar-refractivity contribution < 1.29 is 23.1 Å². The number of hydrogen-bond donors (Lipinski definition) is 2. The van der Waals surface area contributed by atoms with E-state index in [0.29, 0.717) is 23.2 Å². The van der Waals surface area contributed by atoms with Gasteiger partial charge in [-0.25, -0.2) is 19.7 Å². The average molecular weight is 406 g/mol. The molecule has 3 N–H and O–H groups in total. The SMILES string of the molecule is CCn1c(NC(=O)c2cnc(N)nc2)nc2c(OC)cccc2c1=O.O=C(F)F. The van der Waals surface area contributed by atoms with Gasteiger partial charge >= 0.3 is 6.29 Å². The Morgan fingerprint density at radius 2 is 1.86 bits per heavy atom. The second-order valence-corrected chi connectivity index (χ2v) is 5.35. The highest BCUT2D eigenvalue weighted by atomic mass is 19.3. The molecular formula is C17H16F2N6O4. The Balaban J connectivity index is 0.000000687. The Hall–Kier alpha value is -3.96. The van der Waals surface area contributed by atoms with Gasteiger partial charge in [0.25, 0.3) is 11.5 Å². The molecule has 0 saturated carbocycles. The maximum Gasteiger partial charge on any atom is 0.483 e. The second-order valence-electron chi connectivity index (χ2n) is 5.35. The van der Waals surface area contributed by atoms with Crippen LogP contribution < -0.4 is 21.3 Å². The summed E-state index contributed by atoms with van der Waals surface area (Å²) in [4.78, 5) is 45.1. The normalized spacial score (nSPS) is 10.1. The fourth-order valence-corrected chi connectivity index (χ4v) is 2.40. The van der Waals surface area contributed by atoms with E-state index in [0.717, 1.165) is 0 Å². The van der Waals surface area contributed by atoms with Gasteiger partial charge in [-0.05, 0) is 19.1 Å². The molecule has 3 aromatic rings. The summed E-state index contributed by atoms with van der Waals surface area (Å²) in [5, 5.41) is 3.03. The third-order valence-electron chi connectivity index (χ3n) is 3.64. The number of hydrogen-bond acceptors (Lipinski definition) is 8. The number of methoxy groups -OCH3 is 1. The summed E-state index contributed by atoms with van der Waals surface area (Å²) in [5.74, 6) is 0.134. The third-order valence-corrected chi connectivity index (χ3v) is 3.64. The monoisotopic (exact) mass is 406 g/mol. The van der Waals surface area contributed by atoms with E-state index < -0.39 is 12.2 Å². The van der Waals surface area contributed by atoms with Gasteiger partial charge in [-0.15, -0.1) is 8.78 Å². The summed E-state index contributed by atoms with van der Waals surface area (Å²) < 4.78 is 26.0. The van der Waals surface area contributed by atoms with Crippen molar-refractivity contribution >= 4 is 35.0 Å². The van der Waals surface area contributed by atoms with Crippen LogP contribution in [0.5, 0.6) is 5.75 Å². The lowest BCUT2D eigenvalue weighted by Gasteiger charge is -2.13. The first-order valence-electron chi connectivity index (χ1n) is 8.09. The number of fused-ring (bicyclic) bond motifs is 1. The van der Waals surface area contributed by atoms with Crippen molar-refractivity contribution in [3.05, 3.63) is 46.5 Å². The molecule has 12 heteroatoms. The van der Waals surface area contributed by atoms with Gasteiger partial charge in [0.1, 0.15) is 11.3 Å². The molecule has 29 heavy (non-hydrogen) atoms. The number of amides is 1. The highest BCUT2D eigenvalue weighted by Gasteiger charge is 2.16. The van der Waals surface area contributed by atoms with Crippen LogP contribution in [0.25, 0.3) is 10.9 Å². The fraction of sp³-hybridized carbons (Fsp3) is 0.176. The van der Waals surface area contributed by atoms with E-state index in [1.54, 1.807) is 25.1 Å². The molecule has 0 fully saturated rings. The van der Waals surface area contributed by atoms with Crippen molar-refractivity contribution in [2.75, 3.05) is 18.2 Å². The lowest BCUT2D eigenvalue weighted by atomic mass is 10.2. The number of benzene rings is 1.